The van der Waals surface area contributed by atoms with Gasteiger partial charge in [-0.1, -0.05) is 6.92 Å². The van der Waals surface area contributed by atoms with Crippen LogP contribution in [0.15, 0.2) is 16.5 Å². The van der Waals surface area contributed by atoms with Gasteiger partial charge in [-0.05, 0) is 25.0 Å². The Morgan fingerprint density at radius 3 is 3.00 bits per heavy atom. The molecule has 1 unspecified atom stereocenters. The molecular weight excluding hydrogens is 192 g/mol. The van der Waals surface area contributed by atoms with Crippen molar-refractivity contribution in [1.29, 1.82) is 0 Å². The van der Waals surface area contributed by atoms with E-state index in [4.69, 9.17) is 9.15 Å². The van der Waals surface area contributed by atoms with Gasteiger partial charge in [-0.15, -0.1) is 0 Å². The number of Topliss-reactive ketones (excluding diaryl/α,β-unsaturated/α-hetero) is 1. The molecule has 1 aromatic rings. The molecule has 1 saturated heterocycles. The van der Waals surface area contributed by atoms with E-state index in [0.717, 1.165) is 31.6 Å². The number of carbonyl (C=O) groups excluding carboxylic acids is 1. The molecule has 0 saturated carbocycles. The Balaban J connectivity index is 2.05. The van der Waals surface area contributed by atoms with Gasteiger partial charge in [-0.3, -0.25) is 4.79 Å². The minimum atomic E-state index is -0.00499. The summed E-state index contributed by atoms with van der Waals surface area (Å²) in [5.41, 5.74) is 0. The van der Waals surface area contributed by atoms with Crippen LogP contribution in [-0.2, 0) is 11.2 Å². The third-order valence-electron chi connectivity index (χ3n) is 2.78. The summed E-state index contributed by atoms with van der Waals surface area (Å²) >= 11 is 0. The van der Waals surface area contributed by atoms with Crippen LogP contribution in [0.25, 0.3) is 0 Å². The van der Waals surface area contributed by atoms with Crippen LogP contribution < -0.4 is 0 Å². The number of hydrogen-bond acceptors (Lipinski definition) is 3. The predicted octanol–water partition coefficient (Wildman–Crippen LogP) is 2.45. The van der Waals surface area contributed by atoms with Gasteiger partial charge in [-0.25, -0.2) is 0 Å². The van der Waals surface area contributed by atoms with E-state index in [9.17, 15) is 4.79 Å². The molecule has 1 aliphatic heterocycles. The third-order valence-corrected chi connectivity index (χ3v) is 2.78. The Morgan fingerprint density at radius 1 is 1.53 bits per heavy atom. The van der Waals surface area contributed by atoms with Crippen molar-refractivity contribution >= 4 is 5.78 Å². The molecule has 3 heteroatoms. The lowest BCUT2D eigenvalue weighted by Crippen LogP contribution is -2.24. The fraction of sp³-hybridized carbons (Fsp3) is 0.583. The normalized spacial score (nSPS) is 21.5. The summed E-state index contributed by atoms with van der Waals surface area (Å²) in [5, 5.41) is 0. The molecule has 1 aliphatic rings. The highest BCUT2D eigenvalue weighted by atomic mass is 16.5. The maximum Gasteiger partial charge on any atom is 0.203 e. The summed E-state index contributed by atoms with van der Waals surface area (Å²) in [6.07, 6.45) is 2.72. The number of ketones is 1. The number of furan rings is 1. The first-order chi connectivity index (χ1) is 7.31. The molecule has 1 fully saturated rings. The van der Waals surface area contributed by atoms with E-state index in [1.54, 1.807) is 6.07 Å². The van der Waals surface area contributed by atoms with E-state index in [-0.39, 0.29) is 11.7 Å². The largest absolute Gasteiger partial charge is 0.458 e. The van der Waals surface area contributed by atoms with E-state index >= 15 is 0 Å². The average molecular weight is 208 g/mol. The molecule has 0 radical (unpaired) electrons. The van der Waals surface area contributed by atoms with Gasteiger partial charge in [0.05, 0.1) is 6.61 Å². The Bertz CT molecular complexity index is 334. The zero-order valence-corrected chi connectivity index (χ0v) is 8.99. The molecule has 15 heavy (non-hydrogen) atoms. The van der Waals surface area contributed by atoms with Gasteiger partial charge in [-0.2, -0.15) is 0 Å². The second-order valence-corrected chi connectivity index (χ2v) is 3.90. The summed E-state index contributed by atoms with van der Waals surface area (Å²) in [5.74, 6) is 1.45. The molecule has 1 atom stereocenters. The SMILES string of the molecule is CCc1ccc(C(=O)C2CCCOC2)o1. The zero-order chi connectivity index (χ0) is 10.7. The average Bonchev–Trinajstić information content (AvgIpc) is 2.78. The van der Waals surface area contributed by atoms with Crippen molar-refractivity contribution in [2.75, 3.05) is 13.2 Å². The molecule has 0 N–H and O–H groups in total. The van der Waals surface area contributed by atoms with Crippen molar-refractivity contribution in [3.05, 3.63) is 23.7 Å². The highest BCUT2D eigenvalue weighted by molar-refractivity contribution is 5.95. The van der Waals surface area contributed by atoms with Crippen LogP contribution >= 0.6 is 0 Å². The van der Waals surface area contributed by atoms with Gasteiger partial charge in [0, 0.05) is 18.9 Å². The van der Waals surface area contributed by atoms with Crippen LogP contribution in [0, 0.1) is 5.92 Å². The lowest BCUT2D eigenvalue weighted by molar-refractivity contribution is 0.0443. The molecule has 0 spiro atoms. The summed E-state index contributed by atoms with van der Waals surface area (Å²) in [6.45, 7) is 3.33. The minimum Gasteiger partial charge on any atom is -0.458 e. The standard InChI is InChI=1S/C12H16O3/c1-2-10-5-6-11(15-10)12(13)9-4-3-7-14-8-9/h5-6,9H,2-4,7-8H2,1H3. The Kier molecular flexibility index (Phi) is 3.21. The highest BCUT2D eigenvalue weighted by Crippen LogP contribution is 2.20. The van der Waals surface area contributed by atoms with Gasteiger partial charge in [0.15, 0.2) is 5.76 Å². The maximum atomic E-state index is 12.0. The fourth-order valence-electron chi connectivity index (χ4n) is 1.85. The van der Waals surface area contributed by atoms with Crippen molar-refractivity contribution in [2.45, 2.75) is 26.2 Å². The number of aryl methyl sites for hydroxylation is 1. The van der Waals surface area contributed by atoms with Gasteiger partial charge >= 0.3 is 0 Å². The Labute approximate surface area is 89.4 Å². The van der Waals surface area contributed by atoms with Crippen molar-refractivity contribution in [2.24, 2.45) is 5.92 Å². The summed E-state index contributed by atoms with van der Waals surface area (Å²) < 4.78 is 10.7. The van der Waals surface area contributed by atoms with Crippen LogP contribution in [0.2, 0.25) is 0 Å². The van der Waals surface area contributed by atoms with E-state index in [1.165, 1.54) is 0 Å². The van der Waals surface area contributed by atoms with Gasteiger partial charge in [0.2, 0.25) is 5.78 Å². The van der Waals surface area contributed by atoms with Crippen molar-refractivity contribution in [1.82, 2.24) is 0 Å². The quantitative estimate of drug-likeness (QED) is 0.716. The Hall–Kier alpha value is -1.09. The first-order valence-corrected chi connectivity index (χ1v) is 5.52. The van der Waals surface area contributed by atoms with Gasteiger partial charge < -0.3 is 9.15 Å². The van der Waals surface area contributed by atoms with E-state index < -0.39 is 0 Å². The molecule has 2 heterocycles. The fourth-order valence-corrected chi connectivity index (χ4v) is 1.85. The van der Waals surface area contributed by atoms with E-state index in [0.29, 0.717) is 12.4 Å². The first kappa shape index (κ1) is 10.4. The van der Waals surface area contributed by atoms with Crippen LogP contribution in [0.3, 0.4) is 0 Å². The predicted molar refractivity (Wildman–Crippen MR) is 56.0 cm³/mol. The minimum absolute atomic E-state index is 0.00499. The third kappa shape index (κ3) is 2.29. The molecule has 0 amide bonds. The summed E-state index contributed by atoms with van der Waals surface area (Å²) in [6, 6.07) is 3.65. The Morgan fingerprint density at radius 2 is 2.40 bits per heavy atom. The van der Waals surface area contributed by atoms with Crippen LogP contribution in [0.4, 0.5) is 0 Å². The molecule has 0 aliphatic carbocycles. The molecule has 1 aromatic heterocycles. The van der Waals surface area contributed by atoms with Crippen molar-refractivity contribution < 1.29 is 13.9 Å². The van der Waals surface area contributed by atoms with Crippen LogP contribution in [0.5, 0.6) is 0 Å². The van der Waals surface area contributed by atoms with Gasteiger partial charge in [0.25, 0.3) is 0 Å². The number of rotatable bonds is 3. The monoisotopic (exact) mass is 208 g/mol. The second kappa shape index (κ2) is 4.62. The van der Waals surface area contributed by atoms with Crippen LogP contribution in [0.1, 0.15) is 36.1 Å². The zero-order valence-electron chi connectivity index (χ0n) is 8.99. The topological polar surface area (TPSA) is 39.4 Å². The molecule has 3 nitrogen and oxygen atoms in total. The molecule has 2 rings (SSSR count). The smallest absolute Gasteiger partial charge is 0.203 e. The first-order valence-electron chi connectivity index (χ1n) is 5.52. The van der Waals surface area contributed by atoms with Crippen molar-refractivity contribution in [3.63, 3.8) is 0 Å². The number of ether oxygens (including phenoxy) is 1. The van der Waals surface area contributed by atoms with Crippen LogP contribution in [-0.4, -0.2) is 19.0 Å². The lowest BCUT2D eigenvalue weighted by atomic mass is 9.96. The van der Waals surface area contributed by atoms with E-state index in [1.807, 2.05) is 13.0 Å². The lowest BCUT2D eigenvalue weighted by Gasteiger charge is -2.19. The summed E-state index contributed by atoms with van der Waals surface area (Å²) in [4.78, 5) is 12.0. The number of carbonyl (C=O) groups is 1. The van der Waals surface area contributed by atoms with Crippen molar-refractivity contribution in [3.8, 4) is 0 Å². The molecule has 0 bridgehead atoms. The highest BCUT2D eigenvalue weighted by Gasteiger charge is 2.25. The molecule has 0 aromatic carbocycles. The maximum absolute atomic E-state index is 12.0. The molecule has 82 valence electrons. The second-order valence-electron chi connectivity index (χ2n) is 3.90. The molecular formula is C12H16O3. The van der Waals surface area contributed by atoms with E-state index in [2.05, 4.69) is 0 Å². The number of hydrogen-bond donors (Lipinski definition) is 0. The van der Waals surface area contributed by atoms with Gasteiger partial charge in [0.1, 0.15) is 5.76 Å². The summed E-state index contributed by atoms with van der Waals surface area (Å²) in [7, 11) is 0.